The van der Waals surface area contributed by atoms with Crippen LogP contribution in [0, 0.1) is 0 Å². The summed E-state index contributed by atoms with van der Waals surface area (Å²) in [5.74, 6) is 0.651. The number of amides is 1. The summed E-state index contributed by atoms with van der Waals surface area (Å²) in [5.41, 5.74) is 2.54. The van der Waals surface area contributed by atoms with E-state index in [0.717, 1.165) is 22.7 Å². The Morgan fingerprint density at radius 3 is 2.30 bits per heavy atom. The number of hydrogen-bond donors (Lipinski definition) is 0. The molecule has 1 aliphatic rings. The van der Waals surface area contributed by atoms with Gasteiger partial charge in [-0.05, 0) is 78.2 Å². The zero-order valence-electron chi connectivity index (χ0n) is 16.6. The molecule has 1 amide bonds. The third-order valence-corrected chi connectivity index (χ3v) is 6.24. The van der Waals surface area contributed by atoms with Crippen molar-refractivity contribution >= 4 is 52.0 Å². The number of thioether (sulfide) groups is 2. The van der Waals surface area contributed by atoms with Crippen LogP contribution in [0.5, 0.6) is 5.75 Å². The number of methoxy groups -OCH3 is 1. The van der Waals surface area contributed by atoms with Crippen molar-refractivity contribution in [3.63, 3.8) is 0 Å². The molecule has 3 aromatic carbocycles. The molecule has 1 fully saturated rings. The van der Waals surface area contributed by atoms with Gasteiger partial charge in [-0.2, -0.15) is 0 Å². The molecule has 6 heteroatoms. The van der Waals surface area contributed by atoms with Gasteiger partial charge < -0.3 is 4.74 Å². The molecule has 0 atom stereocenters. The summed E-state index contributed by atoms with van der Waals surface area (Å²) in [6, 6.07) is 25.2. The first-order chi connectivity index (χ1) is 14.7. The van der Waals surface area contributed by atoms with Crippen molar-refractivity contribution in [2.75, 3.05) is 18.3 Å². The van der Waals surface area contributed by atoms with Crippen molar-refractivity contribution in [2.24, 2.45) is 4.99 Å². The number of para-hydroxylation sites is 1. The van der Waals surface area contributed by atoms with E-state index in [1.807, 2.05) is 79.1 Å². The van der Waals surface area contributed by atoms with Crippen LogP contribution >= 0.6 is 23.5 Å². The molecule has 0 aromatic heterocycles. The fourth-order valence-electron chi connectivity index (χ4n) is 2.97. The van der Waals surface area contributed by atoms with Gasteiger partial charge in [0.25, 0.3) is 5.91 Å². The summed E-state index contributed by atoms with van der Waals surface area (Å²) in [7, 11) is 1.62. The highest BCUT2D eigenvalue weighted by molar-refractivity contribution is 8.19. The number of aliphatic imine (C=N–C) groups is 1. The number of benzene rings is 3. The molecule has 4 nitrogen and oxygen atoms in total. The molecule has 0 unspecified atom stereocenters. The number of ether oxygens (including phenoxy) is 1. The third kappa shape index (κ3) is 4.45. The number of hydrogen-bond acceptors (Lipinski definition) is 5. The van der Waals surface area contributed by atoms with Gasteiger partial charge >= 0.3 is 0 Å². The Hall–Kier alpha value is -2.96. The maximum Gasteiger partial charge on any atom is 0.271 e. The second-order valence-corrected chi connectivity index (χ2v) is 8.34. The highest BCUT2D eigenvalue weighted by Gasteiger charge is 2.34. The average molecular weight is 433 g/mol. The third-order valence-electron chi connectivity index (χ3n) is 4.53. The Morgan fingerprint density at radius 1 is 0.967 bits per heavy atom. The van der Waals surface area contributed by atoms with E-state index in [9.17, 15) is 4.79 Å². The molecule has 0 radical (unpaired) electrons. The number of carbonyl (C=O) groups excluding carboxylic acids is 1. The smallest absolute Gasteiger partial charge is 0.271 e. The summed E-state index contributed by atoms with van der Waals surface area (Å²) in [6.45, 7) is 0. The first kappa shape index (κ1) is 20.3. The number of nitrogens with zero attached hydrogens (tertiary/aromatic N) is 2. The molecule has 3 aromatic rings. The van der Waals surface area contributed by atoms with E-state index in [1.165, 1.54) is 16.7 Å². The summed E-state index contributed by atoms with van der Waals surface area (Å²) >= 11 is 3.07. The Balaban J connectivity index is 1.73. The topological polar surface area (TPSA) is 41.9 Å². The van der Waals surface area contributed by atoms with Gasteiger partial charge in [0.2, 0.25) is 0 Å². The average Bonchev–Trinajstić information content (AvgIpc) is 3.09. The van der Waals surface area contributed by atoms with Crippen LogP contribution in [0.1, 0.15) is 5.56 Å². The maximum absolute atomic E-state index is 13.3. The molecule has 0 N–H and O–H groups in total. The lowest BCUT2D eigenvalue weighted by Crippen LogP contribution is -2.28. The fraction of sp³-hybridized carbons (Fsp3) is 0.0833. The minimum atomic E-state index is -0.0891. The molecule has 1 saturated heterocycles. The van der Waals surface area contributed by atoms with Crippen LogP contribution in [-0.4, -0.2) is 24.4 Å². The number of rotatable bonds is 5. The lowest BCUT2D eigenvalue weighted by molar-refractivity contribution is -0.113. The van der Waals surface area contributed by atoms with Crippen LogP contribution in [0.4, 0.5) is 11.4 Å². The zero-order valence-corrected chi connectivity index (χ0v) is 18.2. The molecule has 0 saturated carbocycles. The highest BCUT2D eigenvalue weighted by atomic mass is 32.2. The molecule has 0 bridgehead atoms. The van der Waals surface area contributed by atoms with Crippen LogP contribution in [-0.2, 0) is 4.79 Å². The van der Waals surface area contributed by atoms with Gasteiger partial charge in [-0.3, -0.25) is 9.69 Å². The molecule has 0 spiro atoms. The second kappa shape index (κ2) is 9.24. The van der Waals surface area contributed by atoms with Gasteiger partial charge in [-0.15, -0.1) is 11.8 Å². The first-order valence-corrected chi connectivity index (χ1v) is 11.4. The van der Waals surface area contributed by atoms with Crippen LogP contribution < -0.4 is 9.64 Å². The van der Waals surface area contributed by atoms with E-state index in [4.69, 9.17) is 9.73 Å². The van der Waals surface area contributed by atoms with Crippen LogP contribution in [0.15, 0.2) is 93.7 Å². The predicted molar refractivity (Wildman–Crippen MR) is 128 cm³/mol. The number of carbonyl (C=O) groups is 1. The van der Waals surface area contributed by atoms with E-state index >= 15 is 0 Å². The normalized spacial score (nSPS) is 16.5. The molecule has 150 valence electrons. The molecule has 0 aliphatic carbocycles. The molecule has 1 heterocycles. The second-order valence-electron chi connectivity index (χ2n) is 6.45. The van der Waals surface area contributed by atoms with Crippen molar-refractivity contribution < 1.29 is 9.53 Å². The van der Waals surface area contributed by atoms with Crippen molar-refractivity contribution in [1.29, 1.82) is 0 Å². The van der Waals surface area contributed by atoms with Crippen LogP contribution in [0.3, 0.4) is 0 Å². The Bertz CT molecular complexity index is 1090. The SMILES string of the molecule is COc1ccc(N2C(=O)/C(=C/c3ccc(SC)cc3)SC2=Nc2ccccc2)cc1. The van der Waals surface area contributed by atoms with Crippen molar-refractivity contribution in [3.8, 4) is 5.75 Å². The Labute approximate surface area is 184 Å². The Morgan fingerprint density at radius 2 is 1.67 bits per heavy atom. The van der Waals surface area contributed by atoms with Gasteiger partial charge in [0.1, 0.15) is 5.75 Å². The van der Waals surface area contributed by atoms with Crippen LogP contribution in [0.2, 0.25) is 0 Å². The summed E-state index contributed by atoms with van der Waals surface area (Å²) < 4.78 is 5.25. The largest absolute Gasteiger partial charge is 0.497 e. The van der Waals surface area contributed by atoms with E-state index in [0.29, 0.717) is 10.1 Å². The van der Waals surface area contributed by atoms with Gasteiger partial charge in [-0.25, -0.2) is 4.99 Å². The summed E-state index contributed by atoms with van der Waals surface area (Å²) in [5, 5.41) is 0.628. The minimum absolute atomic E-state index is 0.0891. The van der Waals surface area contributed by atoms with E-state index in [2.05, 4.69) is 12.1 Å². The van der Waals surface area contributed by atoms with Gasteiger partial charge in [0, 0.05) is 4.90 Å². The molecule has 1 aliphatic heterocycles. The molecule has 4 rings (SSSR count). The predicted octanol–water partition coefficient (Wildman–Crippen LogP) is 6.23. The zero-order chi connectivity index (χ0) is 20.9. The van der Waals surface area contributed by atoms with E-state index in [-0.39, 0.29) is 5.91 Å². The standard InChI is InChI=1S/C24H20N2O2S2/c1-28-20-12-10-19(11-13-20)26-23(27)22(16-17-8-14-21(29-2)15-9-17)30-24(26)25-18-6-4-3-5-7-18/h3-16H,1-2H3/b22-16-,25-24?. The monoisotopic (exact) mass is 432 g/mol. The first-order valence-electron chi connectivity index (χ1n) is 9.34. The molecular formula is C24H20N2O2S2. The van der Waals surface area contributed by atoms with Crippen molar-refractivity contribution in [1.82, 2.24) is 0 Å². The van der Waals surface area contributed by atoms with Gasteiger partial charge in [0.15, 0.2) is 5.17 Å². The van der Waals surface area contributed by atoms with Gasteiger partial charge in [0.05, 0.1) is 23.4 Å². The lowest BCUT2D eigenvalue weighted by atomic mass is 10.2. The van der Waals surface area contributed by atoms with E-state index < -0.39 is 0 Å². The Kier molecular flexibility index (Phi) is 6.26. The van der Waals surface area contributed by atoms with Gasteiger partial charge in [-0.1, -0.05) is 30.3 Å². The quantitative estimate of drug-likeness (QED) is 0.354. The maximum atomic E-state index is 13.3. The highest BCUT2D eigenvalue weighted by Crippen LogP contribution is 2.37. The van der Waals surface area contributed by atoms with Crippen LogP contribution in [0.25, 0.3) is 6.08 Å². The minimum Gasteiger partial charge on any atom is -0.497 e. The van der Waals surface area contributed by atoms with E-state index in [1.54, 1.807) is 23.8 Å². The number of anilines is 1. The molecule has 30 heavy (non-hydrogen) atoms. The molecular weight excluding hydrogens is 412 g/mol. The lowest BCUT2D eigenvalue weighted by Gasteiger charge is -2.16. The van der Waals surface area contributed by atoms with Crippen molar-refractivity contribution in [2.45, 2.75) is 4.90 Å². The number of amidine groups is 1. The van der Waals surface area contributed by atoms with Crippen molar-refractivity contribution in [3.05, 3.63) is 89.3 Å². The fourth-order valence-corrected chi connectivity index (χ4v) is 4.38. The summed E-state index contributed by atoms with van der Waals surface area (Å²) in [6.07, 6.45) is 3.96. The summed E-state index contributed by atoms with van der Waals surface area (Å²) in [4.78, 5) is 21.5.